The molecule has 0 unspecified atom stereocenters. The molecule has 6 heteroatoms. The molecule has 0 radical (unpaired) electrons. The van der Waals surface area contributed by atoms with Crippen LogP contribution in [-0.4, -0.2) is 36.8 Å². The molecule has 0 fully saturated rings. The number of anilines is 2. The zero-order valence-corrected chi connectivity index (χ0v) is 12.0. The summed E-state index contributed by atoms with van der Waals surface area (Å²) in [5.41, 5.74) is 6.48. The molecular formula is C13H24N4O2. The van der Waals surface area contributed by atoms with Crippen molar-refractivity contribution < 1.29 is 9.47 Å². The molecule has 1 aromatic rings. The van der Waals surface area contributed by atoms with E-state index in [4.69, 9.17) is 15.2 Å². The predicted molar refractivity (Wildman–Crippen MR) is 76.6 cm³/mol. The fourth-order valence-corrected chi connectivity index (χ4v) is 1.48. The Bertz CT molecular complexity index is 354. The van der Waals surface area contributed by atoms with E-state index in [9.17, 15) is 0 Å². The van der Waals surface area contributed by atoms with Crippen LogP contribution in [0.25, 0.3) is 0 Å². The zero-order valence-electron chi connectivity index (χ0n) is 12.0. The van der Waals surface area contributed by atoms with Crippen molar-refractivity contribution in [2.75, 3.05) is 37.9 Å². The van der Waals surface area contributed by atoms with Crippen LogP contribution in [0, 0.1) is 0 Å². The highest BCUT2D eigenvalue weighted by atomic mass is 16.5. The van der Waals surface area contributed by atoms with E-state index in [-0.39, 0.29) is 0 Å². The van der Waals surface area contributed by atoms with Crippen LogP contribution < -0.4 is 15.8 Å². The van der Waals surface area contributed by atoms with Crippen molar-refractivity contribution >= 4 is 11.5 Å². The number of nitrogens with two attached hydrogens (primary N) is 1. The molecule has 0 spiro atoms. The van der Waals surface area contributed by atoms with Crippen LogP contribution in [-0.2, 0) is 11.2 Å². The molecule has 0 aliphatic heterocycles. The summed E-state index contributed by atoms with van der Waals surface area (Å²) in [6.45, 7) is 5.98. The minimum absolute atomic E-state index is 0.462. The zero-order chi connectivity index (χ0) is 14.1. The van der Waals surface area contributed by atoms with Crippen LogP contribution in [0.3, 0.4) is 0 Å². The molecule has 3 N–H and O–H groups in total. The fraction of sp³-hybridized carbons (Fsp3) is 0.692. The van der Waals surface area contributed by atoms with E-state index in [1.807, 2.05) is 6.92 Å². The normalized spacial score (nSPS) is 10.5. The molecule has 0 amide bonds. The highest BCUT2D eigenvalue weighted by Crippen LogP contribution is 2.26. The Morgan fingerprint density at radius 2 is 2.00 bits per heavy atom. The number of nitrogens with one attached hydrogen (secondary N) is 1. The lowest BCUT2D eigenvalue weighted by Crippen LogP contribution is -2.14. The summed E-state index contributed by atoms with van der Waals surface area (Å²) in [7, 11) is 1.65. The predicted octanol–water partition coefficient (Wildman–Crippen LogP) is 1.86. The van der Waals surface area contributed by atoms with Gasteiger partial charge in [-0.15, -0.1) is 0 Å². The van der Waals surface area contributed by atoms with E-state index >= 15 is 0 Å². The smallest absolute Gasteiger partial charge is 0.242 e. The van der Waals surface area contributed by atoms with Gasteiger partial charge in [0.05, 0.1) is 13.2 Å². The van der Waals surface area contributed by atoms with Crippen molar-refractivity contribution in [3.8, 4) is 5.88 Å². The minimum atomic E-state index is 0.462. The molecule has 0 bridgehead atoms. The first-order valence-electron chi connectivity index (χ1n) is 6.74. The fourth-order valence-electron chi connectivity index (χ4n) is 1.48. The minimum Gasteiger partial charge on any atom is -0.476 e. The van der Waals surface area contributed by atoms with Crippen LogP contribution in [0.2, 0.25) is 0 Å². The third-order valence-corrected chi connectivity index (χ3v) is 2.61. The van der Waals surface area contributed by atoms with Gasteiger partial charge in [-0.3, -0.25) is 0 Å². The van der Waals surface area contributed by atoms with Crippen LogP contribution in [0.5, 0.6) is 5.88 Å². The average Bonchev–Trinajstić information content (AvgIpc) is 2.42. The van der Waals surface area contributed by atoms with Crippen molar-refractivity contribution in [2.24, 2.45) is 0 Å². The van der Waals surface area contributed by atoms with Crippen molar-refractivity contribution in [2.45, 2.75) is 33.1 Å². The van der Waals surface area contributed by atoms with Gasteiger partial charge in [0.2, 0.25) is 5.88 Å². The Morgan fingerprint density at radius 3 is 2.63 bits per heavy atom. The summed E-state index contributed by atoms with van der Waals surface area (Å²) in [5, 5.41) is 3.14. The van der Waals surface area contributed by atoms with E-state index in [1.165, 1.54) is 0 Å². The molecule has 0 atom stereocenters. The monoisotopic (exact) mass is 268 g/mol. The molecule has 1 rings (SSSR count). The molecule has 0 saturated carbocycles. The number of ether oxygens (including phenoxy) is 2. The van der Waals surface area contributed by atoms with Gasteiger partial charge in [-0.05, 0) is 6.42 Å². The standard InChI is InChI=1S/C13H24N4O2/c1-4-6-8-19-13-11(14)12(15-7-9-18-3)16-10(5-2)17-13/h4-9,14H2,1-3H3,(H,15,16,17). The largest absolute Gasteiger partial charge is 0.476 e. The number of unbranched alkanes of at least 4 members (excludes halogenated alkanes) is 1. The summed E-state index contributed by atoms with van der Waals surface area (Å²) in [5.74, 6) is 1.82. The maximum Gasteiger partial charge on any atom is 0.242 e. The lowest BCUT2D eigenvalue weighted by atomic mass is 10.3. The van der Waals surface area contributed by atoms with E-state index in [1.54, 1.807) is 7.11 Å². The van der Waals surface area contributed by atoms with E-state index in [0.29, 0.717) is 37.1 Å². The summed E-state index contributed by atoms with van der Waals surface area (Å²) in [6.07, 6.45) is 2.80. The third kappa shape index (κ3) is 4.90. The van der Waals surface area contributed by atoms with E-state index in [0.717, 1.165) is 25.1 Å². The Kier molecular flexibility index (Phi) is 6.95. The van der Waals surface area contributed by atoms with Crippen LogP contribution in [0.4, 0.5) is 11.5 Å². The quantitative estimate of drug-likeness (QED) is 0.665. The van der Waals surface area contributed by atoms with Crippen molar-refractivity contribution in [3.63, 3.8) is 0 Å². The van der Waals surface area contributed by atoms with Gasteiger partial charge in [0.25, 0.3) is 0 Å². The summed E-state index contributed by atoms with van der Waals surface area (Å²) < 4.78 is 10.6. The number of aryl methyl sites for hydroxylation is 1. The molecule has 108 valence electrons. The second kappa shape index (κ2) is 8.53. The molecular weight excluding hydrogens is 244 g/mol. The molecule has 1 aromatic heterocycles. The van der Waals surface area contributed by atoms with Crippen molar-refractivity contribution in [3.05, 3.63) is 5.82 Å². The highest BCUT2D eigenvalue weighted by Gasteiger charge is 2.12. The molecule has 6 nitrogen and oxygen atoms in total. The molecule has 1 heterocycles. The SMILES string of the molecule is CCCCOc1nc(CC)nc(NCCOC)c1N. The van der Waals surface area contributed by atoms with Gasteiger partial charge in [-0.25, -0.2) is 4.98 Å². The molecule has 0 saturated heterocycles. The van der Waals surface area contributed by atoms with Gasteiger partial charge in [0, 0.05) is 20.1 Å². The molecule has 0 aliphatic carbocycles. The maximum atomic E-state index is 6.02. The Labute approximate surface area is 114 Å². The lowest BCUT2D eigenvalue weighted by Gasteiger charge is -2.13. The number of hydrogen-bond acceptors (Lipinski definition) is 6. The molecule has 0 aromatic carbocycles. The first kappa shape index (κ1) is 15.5. The summed E-state index contributed by atoms with van der Waals surface area (Å²) >= 11 is 0. The number of methoxy groups -OCH3 is 1. The van der Waals surface area contributed by atoms with Gasteiger partial charge >= 0.3 is 0 Å². The van der Waals surface area contributed by atoms with Gasteiger partial charge < -0.3 is 20.5 Å². The van der Waals surface area contributed by atoms with Gasteiger partial charge in [0.1, 0.15) is 11.5 Å². The number of nitrogen functional groups attached to an aromatic ring is 1. The third-order valence-electron chi connectivity index (χ3n) is 2.61. The van der Waals surface area contributed by atoms with Gasteiger partial charge in [0.15, 0.2) is 5.82 Å². The number of hydrogen-bond donors (Lipinski definition) is 2. The van der Waals surface area contributed by atoms with Gasteiger partial charge in [-0.1, -0.05) is 20.3 Å². The summed E-state index contributed by atoms with van der Waals surface area (Å²) in [6, 6.07) is 0. The highest BCUT2D eigenvalue weighted by molar-refractivity contribution is 5.66. The first-order valence-corrected chi connectivity index (χ1v) is 6.74. The molecule has 19 heavy (non-hydrogen) atoms. The van der Waals surface area contributed by atoms with E-state index < -0.39 is 0 Å². The van der Waals surface area contributed by atoms with Crippen LogP contribution in [0.1, 0.15) is 32.5 Å². The lowest BCUT2D eigenvalue weighted by molar-refractivity contribution is 0.210. The maximum absolute atomic E-state index is 6.02. The van der Waals surface area contributed by atoms with Crippen LogP contribution >= 0.6 is 0 Å². The van der Waals surface area contributed by atoms with Gasteiger partial charge in [-0.2, -0.15) is 4.98 Å². The van der Waals surface area contributed by atoms with Crippen LogP contribution in [0.15, 0.2) is 0 Å². The second-order valence-electron chi connectivity index (χ2n) is 4.18. The first-order chi connectivity index (χ1) is 9.22. The number of rotatable bonds is 9. The number of nitrogens with zero attached hydrogens (tertiary/aromatic N) is 2. The van der Waals surface area contributed by atoms with Crippen molar-refractivity contribution in [1.82, 2.24) is 9.97 Å². The topological polar surface area (TPSA) is 82.3 Å². The number of aromatic nitrogens is 2. The van der Waals surface area contributed by atoms with Crippen molar-refractivity contribution in [1.29, 1.82) is 0 Å². The second-order valence-corrected chi connectivity index (χ2v) is 4.18. The van der Waals surface area contributed by atoms with E-state index in [2.05, 4.69) is 22.2 Å². The Balaban J connectivity index is 2.80. The molecule has 0 aliphatic rings. The Hall–Kier alpha value is -1.56. The summed E-state index contributed by atoms with van der Waals surface area (Å²) in [4.78, 5) is 8.69. The average molecular weight is 268 g/mol. The Morgan fingerprint density at radius 1 is 1.21 bits per heavy atom.